The fourth-order valence-corrected chi connectivity index (χ4v) is 2.89. The molecule has 2 rings (SSSR count). The minimum atomic E-state index is -1.00. The van der Waals surface area contributed by atoms with Crippen LogP contribution in [0.2, 0.25) is 0 Å². The first kappa shape index (κ1) is 18.7. The van der Waals surface area contributed by atoms with Gasteiger partial charge in [0.1, 0.15) is 6.04 Å². The molecule has 0 aliphatic rings. The summed E-state index contributed by atoms with van der Waals surface area (Å²) in [5, 5.41) is 12.0. The zero-order chi connectivity index (χ0) is 18.4. The van der Waals surface area contributed by atoms with Gasteiger partial charge in [-0.1, -0.05) is 56.7 Å². The van der Waals surface area contributed by atoms with E-state index in [1.807, 2.05) is 50.2 Å². The molecule has 0 spiro atoms. The number of aryl methyl sites for hydroxylation is 2. The lowest BCUT2D eigenvalue weighted by molar-refractivity contribution is -0.139. The maximum atomic E-state index is 12.8. The van der Waals surface area contributed by atoms with Crippen LogP contribution < -0.4 is 5.32 Å². The third-order valence-corrected chi connectivity index (χ3v) is 4.35. The van der Waals surface area contributed by atoms with Gasteiger partial charge in [-0.15, -0.1) is 0 Å². The molecule has 0 heterocycles. The fourth-order valence-electron chi connectivity index (χ4n) is 2.89. The van der Waals surface area contributed by atoms with Crippen molar-refractivity contribution in [2.75, 3.05) is 0 Å². The van der Waals surface area contributed by atoms with Gasteiger partial charge in [-0.25, -0.2) is 4.79 Å². The second-order valence-corrected chi connectivity index (χ2v) is 6.20. The monoisotopic (exact) mass is 339 g/mol. The van der Waals surface area contributed by atoms with Crippen LogP contribution in [0.4, 0.5) is 0 Å². The summed E-state index contributed by atoms with van der Waals surface area (Å²) in [5.41, 5.74) is 4.56. The highest BCUT2D eigenvalue weighted by atomic mass is 16.4. The average molecular weight is 339 g/mol. The van der Waals surface area contributed by atoms with Gasteiger partial charge in [0.25, 0.3) is 5.91 Å². The molecule has 25 heavy (non-hydrogen) atoms. The van der Waals surface area contributed by atoms with E-state index in [1.54, 1.807) is 6.07 Å². The molecule has 0 saturated carbocycles. The summed E-state index contributed by atoms with van der Waals surface area (Å²) >= 11 is 0. The van der Waals surface area contributed by atoms with Crippen molar-refractivity contribution >= 4 is 11.9 Å². The van der Waals surface area contributed by atoms with Gasteiger partial charge in [-0.2, -0.15) is 0 Å². The number of rotatable bonds is 7. The summed E-state index contributed by atoms with van der Waals surface area (Å²) in [5.74, 6) is -1.35. The molecule has 2 N–H and O–H groups in total. The number of amides is 1. The van der Waals surface area contributed by atoms with E-state index in [0.717, 1.165) is 28.7 Å². The van der Waals surface area contributed by atoms with Crippen molar-refractivity contribution < 1.29 is 14.7 Å². The highest BCUT2D eigenvalue weighted by Crippen LogP contribution is 2.28. The summed E-state index contributed by atoms with van der Waals surface area (Å²) in [4.78, 5) is 24.1. The van der Waals surface area contributed by atoms with E-state index < -0.39 is 12.0 Å². The summed E-state index contributed by atoms with van der Waals surface area (Å²) in [6.07, 6.45) is 1.97. The molecule has 4 heteroatoms. The zero-order valence-corrected chi connectivity index (χ0v) is 15.0. The van der Waals surface area contributed by atoms with E-state index in [9.17, 15) is 14.7 Å². The predicted molar refractivity (Wildman–Crippen MR) is 99.8 cm³/mol. The summed E-state index contributed by atoms with van der Waals surface area (Å²) in [6.45, 7) is 5.97. The minimum Gasteiger partial charge on any atom is -0.480 e. The standard InChI is InChI=1S/C21H25NO3/c1-4-8-19(21(24)25)22-20(23)17-12-11-15(5-2)13-18(17)16-10-7-6-9-14(16)3/h6-7,9-13,19H,4-5,8H2,1-3H3,(H,22,23)(H,24,25). The van der Waals surface area contributed by atoms with E-state index in [0.29, 0.717) is 18.4 Å². The van der Waals surface area contributed by atoms with Crippen molar-refractivity contribution in [3.63, 3.8) is 0 Å². The lowest BCUT2D eigenvalue weighted by atomic mass is 9.93. The third-order valence-electron chi connectivity index (χ3n) is 4.35. The van der Waals surface area contributed by atoms with Crippen LogP contribution in [0.15, 0.2) is 42.5 Å². The third kappa shape index (κ3) is 4.47. The van der Waals surface area contributed by atoms with E-state index in [2.05, 4.69) is 12.2 Å². The normalized spacial score (nSPS) is 11.8. The van der Waals surface area contributed by atoms with Gasteiger partial charge in [-0.05, 0) is 48.1 Å². The second-order valence-electron chi connectivity index (χ2n) is 6.20. The quantitative estimate of drug-likeness (QED) is 0.794. The summed E-state index contributed by atoms with van der Waals surface area (Å²) < 4.78 is 0. The van der Waals surface area contributed by atoms with Crippen LogP contribution in [0.1, 0.15) is 48.2 Å². The molecule has 1 atom stereocenters. The van der Waals surface area contributed by atoms with Gasteiger partial charge in [0, 0.05) is 5.56 Å². The highest BCUT2D eigenvalue weighted by molar-refractivity contribution is 6.02. The Labute approximate surface area is 148 Å². The lowest BCUT2D eigenvalue weighted by Crippen LogP contribution is -2.40. The van der Waals surface area contributed by atoms with Crippen LogP contribution in [0, 0.1) is 6.92 Å². The first-order valence-corrected chi connectivity index (χ1v) is 8.70. The molecular formula is C21H25NO3. The van der Waals surface area contributed by atoms with Gasteiger partial charge >= 0.3 is 5.97 Å². The highest BCUT2D eigenvalue weighted by Gasteiger charge is 2.22. The maximum Gasteiger partial charge on any atom is 0.326 e. The van der Waals surface area contributed by atoms with Crippen molar-refractivity contribution in [2.45, 2.75) is 46.1 Å². The molecule has 4 nitrogen and oxygen atoms in total. The zero-order valence-electron chi connectivity index (χ0n) is 15.0. The van der Waals surface area contributed by atoms with E-state index in [4.69, 9.17) is 0 Å². The van der Waals surface area contributed by atoms with Crippen LogP contribution in [0.5, 0.6) is 0 Å². The van der Waals surface area contributed by atoms with Crippen LogP contribution in [0.25, 0.3) is 11.1 Å². The molecule has 0 bridgehead atoms. The number of carbonyl (C=O) groups excluding carboxylic acids is 1. The van der Waals surface area contributed by atoms with E-state index >= 15 is 0 Å². The molecule has 0 radical (unpaired) electrons. The maximum absolute atomic E-state index is 12.8. The van der Waals surface area contributed by atoms with Gasteiger partial charge < -0.3 is 10.4 Å². The van der Waals surface area contributed by atoms with Crippen molar-refractivity contribution in [1.29, 1.82) is 0 Å². The summed E-state index contributed by atoms with van der Waals surface area (Å²) in [7, 11) is 0. The molecule has 132 valence electrons. The Hall–Kier alpha value is -2.62. The molecule has 0 aliphatic carbocycles. The lowest BCUT2D eigenvalue weighted by Gasteiger charge is -2.17. The molecule has 1 amide bonds. The van der Waals surface area contributed by atoms with E-state index in [1.165, 1.54) is 0 Å². The number of aliphatic carboxylic acids is 1. The Balaban J connectivity index is 2.45. The van der Waals surface area contributed by atoms with Gasteiger partial charge in [0.15, 0.2) is 0 Å². The van der Waals surface area contributed by atoms with Crippen molar-refractivity contribution in [3.8, 4) is 11.1 Å². The van der Waals surface area contributed by atoms with Crippen LogP contribution in [-0.4, -0.2) is 23.0 Å². The number of nitrogens with one attached hydrogen (secondary N) is 1. The van der Waals surface area contributed by atoms with Gasteiger partial charge in [-0.3, -0.25) is 4.79 Å². The molecule has 0 aromatic heterocycles. The van der Waals surface area contributed by atoms with E-state index in [-0.39, 0.29) is 5.91 Å². The first-order chi connectivity index (χ1) is 12.0. The van der Waals surface area contributed by atoms with Crippen LogP contribution in [0.3, 0.4) is 0 Å². The predicted octanol–water partition coefficient (Wildman–Crippen LogP) is 4.21. The smallest absolute Gasteiger partial charge is 0.326 e. The topological polar surface area (TPSA) is 66.4 Å². The number of hydrogen-bond acceptors (Lipinski definition) is 2. The molecule has 0 saturated heterocycles. The summed E-state index contributed by atoms with van der Waals surface area (Å²) in [6, 6.07) is 12.8. The molecule has 1 unspecified atom stereocenters. The Morgan fingerprint density at radius 1 is 1.08 bits per heavy atom. The van der Waals surface area contributed by atoms with Crippen LogP contribution >= 0.6 is 0 Å². The number of carbonyl (C=O) groups is 2. The number of hydrogen-bond donors (Lipinski definition) is 2. The fraction of sp³-hybridized carbons (Fsp3) is 0.333. The molecular weight excluding hydrogens is 314 g/mol. The minimum absolute atomic E-state index is 0.346. The second kappa shape index (κ2) is 8.47. The van der Waals surface area contributed by atoms with Crippen LogP contribution in [-0.2, 0) is 11.2 Å². The number of benzene rings is 2. The number of carboxylic acids is 1. The Bertz CT molecular complexity index is 767. The molecule has 2 aromatic carbocycles. The van der Waals surface area contributed by atoms with Gasteiger partial charge in [0.2, 0.25) is 0 Å². The Morgan fingerprint density at radius 3 is 2.40 bits per heavy atom. The molecule has 0 fully saturated rings. The largest absolute Gasteiger partial charge is 0.480 e. The first-order valence-electron chi connectivity index (χ1n) is 8.70. The molecule has 0 aliphatic heterocycles. The Kier molecular flexibility index (Phi) is 6.34. The SMILES string of the molecule is CCCC(NC(=O)c1ccc(CC)cc1-c1ccccc1C)C(=O)O. The van der Waals surface area contributed by atoms with Crippen molar-refractivity contribution in [1.82, 2.24) is 5.32 Å². The van der Waals surface area contributed by atoms with Crippen molar-refractivity contribution in [3.05, 3.63) is 59.2 Å². The molecule has 2 aromatic rings. The Morgan fingerprint density at radius 2 is 1.80 bits per heavy atom. The van der Waals surface area contributed by atoms with Crippen molar-refractivity contribution in [2.24, 2.45) is 0 Å². The average Bonchev–Trinajstić information content (AvgIpc) is 2.61. The number of carboxylic acid groups (broad SMARTS) is 1. The van der Waals surface area contributed by atoms with Gasteiger partial charge in [0.05, 0.1) is 0 Å².